The molecule has 0 fully saturated rings. The number of rotatable bonds is 4. The van der Waals surface area contributed by atoms with E-state index < -0.39 is 0 Å². The molecule has 0 amide bonds. The van der Waals surface area contributed by atoms with Crippen molar-refractivity contribution in [2.75, 3.05) is 0 Å². The van der Waals surface area contributed by atoms with E-state index in [4.69, 9.17) is 12.2 Å². The molecular weight excluding hydrogens is 287 g/mol. The highest BCUT2D eigenvalue weighted by Crippen LogP contribution is 2.32. The zero-order chi connectivity index (χ0) is 15.6. The second-order valence-corrected chi connectivity index (χ2v) is 6.60. The Labute approximate surface area is 129 Å². The van der Waals surface area contributed by atoms with Gasteiger partial charge in [-0.1, -0.05) is 32.9 Å². The maximum atomic E-state index is 13.1. The van der Waals surface area contributed by atoms with Crippen molar-refractivity contribution >= 4 is 12.2 Å². The van der Waals surface area contributed by atoms with E-state index >= 15 is 0 Å². The van der Waals surface area contributed by atoms with Crippen LogP contribution in [0, 0.1) is 16.0 Å². The molecule has 0 bridgehead atoms. The van der Waals surface area contributed by atoms with Crippen molar-refractivity contribution in [2.24, 2.45) is 12.5 Å². The van der Waals surface area contributed by atoms with Crippen LogP contribution in [-0.4, -0.2) is 14.3 Å². The Morgan fingerprint density at radius 2 is 1.90 bits per heavy atom. The van der Waals surface area contributed by atoms with Gasteiger partial charge in [0.15, 0.2) is 4.77 Å². The third-order valence-electron chi connectivity index (χ3n) is 3.40. The fraction of sp³-hybridized carbons (Fsp3) is 0.467. The van der Waals surface area contributed by atoms with Crippen LogP contribution in [0.5, 0.6) is 0 Å². The first-order valence-electron chi connectivity index (χ1n) is 6.86. The van der Waals surface area contributed by atoms with Crippen LogP contribution in [0.15, 0.2) is 30.6 Å². The summed E-state index contributed by atoms with van der Waals surface area (Å²) in [5.74, 6) is -0.224. The van der Waals surface area contributed by atoms with Crippen molar-refractivity contribution in [1.82, 2.24) is 19.7 Å². The minimum Gasteiger partial charge on any atom is -0.310 e. The minimum atomic E-state index is -0.224. The second kappa shape index (κ2) is 6.07. The van der Waals surface area contributed by atoms with Crippen molar-refractivity contribution in [1.29, 1.82) is 0 Å². The molecule has 0 aliphatic heterocycles. The van der Waals surface area contributed by atoms with E-state index in [9.17, 15) is 4.39 Å². The molecule has 4 nitrogen and oxygen atoms in total. The Morgan fingerprint density at radius 1 is 1.29 bits per heavy atom. The first kappa shape index (κ1) is 15.9. The standard InChI is InChI=1S/C15H21FN4S/c1-15(2,3)13(11-5-7-12(16)8-6-11)17-9-20-14(21)19(4)10-18-20/h5-8,10,13,17H,9H2,1-4H3/t13-/m0/s1. The predicted molar refractivity (Wildman–Crippen MR) is 83.8 cm³/mol. The van der Waals surface area contributed by atoms with E-state index in [1.54, 1.807) is 15.6 Å². The normalized spacial score (nSPS) is 13.4. The molecule has 1 aromatic carbocycles. The number of nitrogens with one attached hydrogen (secondary N) is 1. The molecule has 0 saturated carbocycles. The lowest BCUT2D eigenvalue weighted by molar-refractivity contribution is 0.251. The summed E-state index contributed by atoms with van der Waals surface area (Å²) in [4.78, 5) is 0. The largest absolute Gasteiger partial charge is 0.310 e. The van der Waals surface area contributed by atoms with Crippen LogP contribution in [0.25, 0.3) is 0 Å². The molecule has 2 aromatic rings. The molecule has 1 N–H and O–H groups in total. The molecule has 1 atom stereocenters. The quantitative estimate of drug-likeness (QED) is 0.879. The molecule has 0 spiro atoms. The molecule has 1 heterocycles. The third kappa shape index (κ3) is 3.77. The Bertz CT molecular complexity index is 652. The molecule has 0 radical (unpaired) electrons. The molecule has 0 saturated heterocycles. The van der Waals surface area contributed by atoms with Crippen molar-refractivity contribution in [3.63, 3.8) is 0 Å². The summed E-state index contributed by atoms with van der Waals surface area (Å²) in [7, 11) is 1.87. The van der Waals surface area contributed by atoms with Gasteiger partial charge < -0.3 is 4.57 Å². The van der Waals surface area contributed by atoms with Crippen LogP contribution in [0.3, 0.4) is 0 Å². The van der Waals surface area contributed by atoms with Gasteiger partial charge in [-0.25, -0.2) is 9.07 Å². The van der Waals surface area contributed by atoms with Gasteiger partial charge in [0.1, 0.15) is 12.1 Å². The zero-order valence-electron chi connectivity index (χ0n) is 12.8. The van der Waals surface area contributed by atoms with Gasteiger partial charge in [-0.05, 0) is 35.3 Å². The second-order valence-electron chi connectivity index (χ2n) is 6.24. The first-order chi connectivity index (χ1) is 9.79. The van der Waals surface area contributed by atoms with Gasteiger partial charge in [-0.2, -0.15) is 5.10 Å². The van der Waals surface area contributed by atoms with Crippen LogP contribution < -0.4 is 5.32 Å². The lowest BCUT2D eigenvalue weighted by Gasteiger charge is -2.32. The van der Waals surface area contributed by atoms with Gasteiger partial charge in [0.2, 0.25) is 0 Å². The maximum Gasteiger partial charge on any atom is 0.198 e. The van der Waals surface area contributed by atoms with Gasteiger partial charge in [-0.3, -0.25) is 5.32 Å². The summed E-state index contributed by atoms with van der Waals surface area (Å²) in [5.41, 5.74) is 1.03. The monoisotopic (exact) mass is 308 g/mol. The van der Waals surface area contributed by atoms with Crippen molar-refractivity contribution < 1.29 is 4.39 Å². The summed E-state index contributed by atoms with van der Waals surface area (Å²) >= 11 is 5.28. The SMILES string of the molecule is Cn1cnn(CN[C@@H](c2ccc(F)cc2)C(C)(C)C)c1=S. The van der Waals surface area contributed by atoms with Crippen molar-refractivity contribution in [2.45, 2.75) is 33.5 Å². The summed E-state index contributed by atoms with van der Waals surface area (Å²) in [5, 5.41) is 7.69. The summed E-state index contributed by atoms with van der Waals surface area (Å²) in [6.45, 7) is 6.95. The highest BCUT2D eigenvalue weighted by Gasteiger charge is 2.26. The highest BCUT2D eigenvalue weighted by atomic mass is 32.1. The summed E-state index contributed by atoms with van der Waals surface area (Å²) in [6, 6.07) is 6.68. The van der Waals surface area contributed by atoms with E-state index in [1.165, 1.54) is 12.1 Å². The van der Waals surface area contributed by atoms with Gasteiger partial charge in [-0.15, -0.1) is 0 Å². The average molecular weight is 308 g/mol. The number of halogens is 1. The van der Waals surface area contributed by atoms with Gasteiger partial charge in [0, 0.05) is 13.1 Å². The van der Waals surface area contributed by atoms with Gasteiger partial charge >= 0.3 is 0 Å². The van der Waals surface area contributed by atoms with E-state index in [0.29, 0.717) is 11.4 Å². The molecule has 6 heteroatoms. The number of benzene rings is 1. The van der Waals surface area contributed by atoms with Crippen LogP contribution in [0.2, 0.25) is 0 Å². The lowest BCUT2D eigenvalue weighted by atomic mass is 9.82. The molecular formula is C15H21FN4S. The van der Waals surface area contributed by atoms with Gasteiger partial charge in [0.25, 0.3) is 0 Å². The molecule has 0 aliphatic rings. The molecule has 1 aromatic heterocycles. The number of hydrogen-bond acceptors (Lipinski definition) is 3. The Balaban J connectivity index is 2.20. The molecule has 2 rings (SSSR count). The summed E-state index contributed by atoms with van der Waals surface area (Å²) in [6.07, 6.45) is 1.69. The molecule has 21 heavy (non-hydrogen) atoms. The number of aromatic nitrogens is 3. The minimum absolute atomic E-state index is 0.0191. The molecule has 0 aliphatic carbocycles. The Morgan fingerprint density at radius 3 is 2.38 bits per heavy atom. The Kier molecular flexibility index (Phi) is 4.58. The van der Waals surface area contributed by atoms with Crippen LogP contribution in [0.1, 0.15) is 32.4 Å². The first-order valence-corrected chi connectivity index (χ1v) is 7.27. The van der Waals surface area contributed by atoms with E-state index in [0.717, 1.165) is 5.56 Å². The number of aryl methyl sites for hydroxylation is 1. The summed E-state index contributed by atoms with van der Waals surface area (Å²) < 4.78 is 17.3. The van der Waals surface area contributed by atoms with Crippen LogP contribution >= 0.6 is 12.2 Å². The van der Waals surface area contributed by atoms with Crippen molar-refractivity contribution in [3.05, 3.63) is 46.7 Å². The Hall–Kier alpha value is -1.53. The number of nitrogens with zero attached hydrogens (tertiary/aromatic N) is 3. The van der Waals surface area contributed by atoms with E-state index in [-0.39, 0.29) is 17.3 Å². The zero-order valence-corrected chi connectivity index (χ0v) is 13.6. The van der Waals surface area contributed by atoms with E-state index in [1.807, 2.05) is 19.2 Å². The highest BCUT2D eigenvalue weighted by molar-refractivity contribution is 7.71. The molecule has 0 unspecified atom stereocenters. The number of hydrogen-bond donors (Lipinski definition) is 1. The topological polar surface area (TPSA) is 34.8 Å². The fourth-order valence-corrected chi connectivity index (χ4v) is 2.44. The maximum absolute atomic E-state index is 13.1. The van der Waals surface area contributed by atoms with Gasteiger partial charge in [0.05, 0.1) is 6.67 Å². The lowest BCUT2D eigenvalue weighted by Crippen LogP contribution is -2.34. The predicted octanol–water partition coefficient (Wildman–Crippen LogP) is 3.42. The third-order valence-corrected chi connectivity index (χ3v) is 3.90. The van der Waals surface area contributed by atoms with E-state index in [2.05, 4.69) is 31.2 Å². The van der Waals surface area contributed by atoms with Crippen LogP contribution in [-0.2, 0) is 13.7 Å². The molecule has 114 valence electrons. The smallest absolute Gasteiger partial charge is 0.198 e. The fourth-order valence-electron chi connectivity index (χ4n) is 2.29. The van der Waals surface area contributed by atoms with Crippen molar-refractivity contribution in [3.8, 4) is 0 Å². The van der Waals surface area contributed by atoms with Crippen LogP contribution in [0.4, 0.5) is 4.39 Å². The average Bonchev–Trinajstić information content (AvgIpc) is 2.71.